The van der Waals surface area contributed by atoms with E-state index < -0.39 is 20.0 Å². The van der Waals surface area contributed by atoms with Gasteiger partial charge in [0.25, 0.3) is 0 Å². The first-order valence-corrected chi connectivity index (χ1v) is 13.2. The number of primary sulfonamides is 2. The third-order valence-electron chi connectivity index (χ3n) is 4.33. The zero-order valence-corrected chi connectivity index (χ0v) is 18.8. The molecule has 1 fully saturated rings. The summed E-state index contributed by atoms with van der Waals surface area (Å²) in [7, 11) is -7.13. The van der Waals surface area contributed by atoms with E-state index >= 15 is 0 Å². The fourth-order valence-corrected chi connectivity index (χ4v) is 4.99. The van der Waals surface area contributed by atoms with Crippen molar-refractivity contribution in [2.75, 3.05) is 0 Å². The molecule has 3 aromatic rings. The van der Waals surface area contributed by atoms with Gasteiger partial charge in [-0.05, 0) is 36.4 Å². The van der Waals surface area contributed by atoms with Gasteiger partial charge >= 0.3 is 0 Å². The molecule has 2 heterocycles. The van der Waals surface area contributed by atoms with Gasteiger partial charge in [0.2, 0.25) is 20.0 Å². The van der Waals surface area contributed by atoms with Gasteiger partial charge in [0.15, 0.2) is 0 Å². The summed E-state index contributed by atoms with van der Waals surface area (Å²) >= 11 is 1.12. The van der Waals surface area contributed by atoms with Crippen LogP contribution < -0.4 is 16.0 Å². The van der Waals surface area contributed by atoms with E-state index in [2.05, 4.69) is 4.98 Å². The first-order chi connectivity index (χ1) is 14.1. The quantitative estimate of drug-likeness (QED) is 0.522. The predicted octanol–water partition coefficient (Wildman–Crippen LogP) is 2.56. The van der Waals surface area contributed by atoms with Gasteiger partial charge in [-0.1, -0.05) is 43.5 Å². The highest BCUT2D eigenvalue weighted by Gasteiger charge is 2.12. The summed E-state index contributed by atoms with van der Waals surface area (Å²) < 4.78 is 43.5. The van der Waals surface area contributed by atoms with Crippen LogP contribution in [0, 0.1) is 0 Å². The van der Waals surface area contributed by atoms with Crippen LogP contribution in [0.25, 0.3) is 10.9 Å². The largest absolute Gasteiger partial charge is 0.328 e. The topological polar surface area (TPSA) is 159 Å². The molecule has 0 bridgehead atoms. The van der Waals surface area contributed by atoms with Crippen LogP contribution in [0.1, 0.15) is 32.1 Å². The SMILES string of the molecule is NC1CCCCC1.NS(=O)(=O)c1cccc2cccnc12.NS(=O)(=O)c1cccs1. The lowest BCUT2D eigenvalue weighted by Crippen LogP contribution is -2.22. The molecule has 0 aliphatic heterocycles. The molecule has 2 aromatic heterocycles. The summed E-state index contributed by atoms with van der Waals surface area (Å²) in [6.45, 7) is 0. The van der Waals surface area contributed by atoms with E-state index in [0.29, 0.717) is 11.6 Å². The number of hydrogen-bond acceptors (Lipinski definition) is 7. The Morgan fingerprint density at radius 3 is 2.00 bits per heavy atom. The van der Waals surface area contributed by atoms with Gasteiger partial charge < -0.3 is 5.73 Å². The normalized spacial score (nSPS) is 14.9. The lowest BCUT2D eigenvalue weighted by Gasteiger charge is -2.15. The molecule has 6 N–H and O–H groups in total. The molecule has 1 aromatic carbocycles. The van der Waals surface area contributed by atoms with Crippen molar-refractivity contribution in [3.63, 3.8) is 0 Å². The molecule has 0 radical (unpaired) electrons. The van der Waals surface area contributed by atoms with Crippen LogP contribution in [0.2, 0.25) is 0 Å². The number of pyridine rings is 1. The maximum Gasteiger partial charge on any atom is 0.247 e. The van der Waals surface area contributed by atoms with Gasteiger partial charge in [0.1, 0.15) is 9.10 Å². The van der Waals surface area contributed by atoms with Crippen molar-refractivity contribution >= 4 is 42.3 Å². The van der Waals surface area contributed by atoms with Gasteiger partial charge in [-0.2, -0.15) is 0 Å². The highest BCUT2D eigenvalue weighted by molar-refractivity contribution is 7.91. The van der Waals surface area contributed by atoms with Crippen molar-refractivity contribution in [1.82, 2.24) is 4.98 Å². The lowest BCUT2D eigenvalue weighted by molar-refractivity contribution is 0.441. The van der Waals surface area contributed by atoms with E-state index in [0.717, 1.165) is 16.7 Å². The van der Waals surface area contributed by atoms with Crippen LogP contribution in [0.15, 0.2) is 63.1 Å². The van der Waals surface area contributed by atoms with E-state index in [-0.39, 0.29) is 9.10 Å². The Morgan fingerprint density at radius 1 is 0.867 bits per heavy atom. The van der Waals surface area contributed by atoms with E-state index in [1.165, 1.54) is 50.4 Å². The zero-order chi connectivity index (χ0) is 22.2. The van der Waals surface area contributed by atoms with E-state index in [1.807, 2.05) is 0 Å². The number of benzene rings is 1. The minimum atomic E-state index is -3.69. The lowest BCUT2D eigenvalue weighted by atomic mass is 9.97. The summed E-state index contributed by atoms with van der Waals surface area (Å²) in [5.41, 5.74) is 6.05. The monoisotopic (exact) mass is 470 g/mol. The molecule has 0 spiro atoms. The number of nitrogens with two attached hydrogens (primary N) is 3. The molecular formula is C19H26N4O4S3. The zero-order valence-electron chi connectivity index (χ0n) is 16.3. The molecule has 0 unspecified atom stereocenters. The Kier molecular flexibility index (Phi) is 8.89. The van der Waals surface area contributed by atoms with Crippen molar-refractivity contribution in [2.24, 2.45) is 16.0 Å². The number of para-hydroxylation sites is 1. The second-order valence-electron chi connectivity index (χ2n) is 6.75. The van der Waals surface area contributed by atoms with Crippen molar-refractivity contribution in [2.45, 2.75) is 47.3 Å². The Balaban J connectivity index is 0.000000173. The van der Waals surface area contributed by atoms with Gasteiger partial charge in [-0.3, -0.25) is 4.98 Å². The van der Waals surface area contributed by atoms with Crippen LogP contribution >= 0.6 is 11.3 Å². The summed E-state index contributed by atoms with van der Waals surface area (Å²) in [6.07, 6.45) is 8.20. The second kappa shape index (κ2) is 10.9. The van der Waals surface area contributed by atoms with Gasteiger partial charge in [0, 0.05) is 17.6 Å². The summed E-state index contributed by atoms with van der Waals surface area (Å²) in [5.74, 6) is 0. The molecule has 1 saturated carbocycles. The fourth-order valence-electron chi connectivity index (χ4n) is 2.87. The highest BCUT2D eigenvalue weighted by atomic mass is 32.2. The third kappa shape index (κ3) is 7.74. The van der Waals surface area contributed by atoms with Crippen molar-refractivity contribution < 1.29 is 16.8 Å². The van der Waals surface area contributed by atoms with E-state index in [9.17, 15) is 16.8 Å². The van der Waals surface area contributed by atoms with Crippen molar-refractivity contribution in [1.29, 1.82) is 0 Å². The van der Waals surface area contributed by atoms with Gasteiger partial charge in [-0.15, -0.1) is 11.3 Å². The maximum atomic E-state index is 11.2. The number of fused-ring (bicyclic) bond motifs is 1. The third-order valence-corrected chi connectivity index (χ3v) is 7.61. The van der Waals surface area contributed by atoms with Crippen LogP contribution in [-0.4, -0.2) is 27.9 Å². The second-order valence-corrected chi connectivity index (χ2v) is 11.0. The smallest absolute Gasteiger partial charge is 0.247 e. The number of aromatic nitrogens is 1. The fraction of sp³-hybridized carbons (Fsp3) is 0.316. The average molecular weight is 471 g/mol. The van der Waals surface area contributed by atoms with E-state index in [1.54, 1.807) is 35.7 Å². The number of sulfonamides is 2. The molecule has 0 saturated heterocycles. The van der Waals surface area contributed by atoms with E-state index in [4.69, 9.17) is 16.0 Å². The predicted molar refractivity (Wildman–Crippen MR) is 120 cm³/mol. The molecule has 8 nitrogen and oxygen atoms in total. The minimum Gasteiger partial charge on any atom is -0.328 e. The Morgan fingerprint density at radius 2 is 1.53 bits per heavy atom. The van der Waals surface area contributed by atoms with Crippen LogP contribution in [0.3, 0.4) is 0 Å². The highest BCUT2D eigenvalue weighted by Crippen LogP contribution is 2.19. The molecule has 1 aliphatic carbocycles. The molecule has 30 heavy (non-hydrogen) atoms. The first-order valence-electron chi connectivity index (χ1n) is 9.27. The molecule has 0 amide bonds. The molecule has 4 rings (SSSR count). The average Bonchev–Trinajstić information content (AvgIpc) is 3.24. The number of nitrogens with zero attached hydrogens (tertiary/aromatic N) is 1. The molecular weight excluding hydrogens is 444 g/mol. The molecule has 164 valence electrons. The maximum absolute atomic E-state index is 11.2. The van der Waals surface area contributed by atoms with Crippen LogP contribution in [0.5, 0.6) is 0 Å². The molecule has 0 atom stereocenters. The minimum absolute atomic E-state index is 0.0654. The standard InChI is InChI=1S/C9H8N2O2S.C6H13N.C4H5NO2S2/c10-14(12,13)8-5-1-3-7-4-2-6-11-9(7)8;7-6-4-2-1-3-5-6;5-9(6,7)4-2-1-3-8-4/h1-6H,(H2,10,12,13);6H,1-5,7H2;1-3H,(H2,5,6,7). The van der Waals surface area contributed by atoms with Crippen molar-refractivity contribution in [3.8, 4) is 0 Å². The summed E-state index contributed by atoms with van der Waals surface area (Å²) in [5, 5.41) is 12.3. The summed E-state index contributed by atoms with van der Waals surface area (Å²) in [4.78, 5) is 4.05. The first kappa shape index (κ1) is 24.4. The van der Waals surface area contributed by atoms with Gasteiger partial charge in [-0.25, -0.2) is 27.1 Å². The number of hydrogen-bond donors (Lipinski definition) is 3. The number of rotatable bonds is 2. The molecule has 11 heteroatoms. The summed E-state index contributed by atoms with van der Waals surface area (Å²) in [6, 6.07) is 12.1. The Labute approximate surface area is 181 Å². The van der Waals surface area contributed by atoms with Crippen molar-refractivity contribution in [3.05, 3.63) is 54.0 Å². The Bertz CT molecular complexity index is 1140. The van der Waals surface area contributed by atoms with Gasteiger partial charge in [0.05, 0.1) is 5.52 Å². The Hall–Kier alpha value is -1.89. The van der Waals surface area contributed by atoms with Crippen LogP contribution in [0.4, 0.5) is 0 Å². The number of thiophene rings is 1. The van der Waals surface area contributed by atoms with Crippen LogP contribution in [-0.2, 0) is 20.0 Å². The molecule has 1 aliphatic rings.